The molecule has 0 bridgehead atoms. The van der Waals surface area contributed by atoms with Crippen LogP contribution >= 0.6 is 0 Å². The molecule has 0 aliphatic carbocycles. The summed E-state index contributed by atoms with van der Waals surface area (Å²) >= 11 is 0. The average Bonchev–Trinajstić information content (AvgIpc) is 3.09. The van der Waals surface area contributed by atoms with Gasteiger partial charge in [-0.2, -0.15) is 15.2 Å². The van der Waals surface area contributed by atoms with Gasteiger partial charge in [0.2, 0.25) is 5.91 Å². The van der Waals surface area contributed by atoms with Crippen molar-refractivity contribution < 1.29 is 9.18 Å². The van der Waals surface area contributed by atoms with Crippen molar-refractivity contribution in [1.29, 1.82) is 5.26 Å². The van der Waals surface area contributed by atoms with E-state index in [1.54, 1.807) is 12.1 Å². The number of amides is 1. The van der Waals surface area contributed by atoms with E-state index in [4.69, 9.17) is 5.26 Å². The lowest BCUT2D eigenvalue weighted by atomic mass is 9.86. The number of halogens is 1. The monoisotopic (exact) mass is 391 g/mol. The molecule has 0 atom stereocenters. The summed E-state index contributed by atoms with van der Waals surface area (Å²) in [6.07, 6.45) is 1.69. The van der Waals surface area contributed by atoms with Crippen molar-refractivity contribution in [2.75, 3.05) is 5.32 Å². The quantitative estimate of drug-likeness (QED) is 0.717. The number of nitrogens with zero attached hydrogens (tertiary/aromatic N) is 4. The standard InChI is InChI=1S/C22H22FN5O/c1-22(2,3)18-7-4-15(5-8-18)11-21(29)26-20-13-25-28(27-20)14-16-6-9-19(23)17(10-16)12-24/h4-10,13H,11,14H2,1-3H3,(H,26,27,29). The normalized spacial score (nSPS) is 11.1. The molecule has 1 amide bonds. The summed E-state index contributed by atoms with van der Waals surface area (Å²) in [5.74, 6) is -0.411. The average molecular weight is 391 g/mol. The van der Waals surface area contributed by atoms with Crippen molar-refractivity contribution in [3.05, 3.63) is 76.7 Å². The van der Waals surface area contributed by atoms with Gasteiger partial charge in [0.15, 0.2) is 5.82 Å². The van der Waals surface area contributed by atoms with Crippen molar-refractivity contribution in [2.24, 2.45) is 0 Å². The number of carbonyl (C=O) groups is 1. The molecule has 0 aliphatic heterocycles. The molecule has 1 heterocycles. The van der Waals surface area contributed by atoms with Crippen LogP contribution in [0.4, 0.5) is 10.2 Å². The predicted molar refractivity (Wildman–Crippen MR) is 108 cm³/mol. The molecule has 3 rings (SSSR count). The van der Waals surface area contributed by atoms with Gasteiger partial charge in [0.25, 0.3) is 0 Å². The van der Waals surface area contributed by atoms with Gasteiger partial charge in [-0.15, -0.1) is 5.10 Å². The molecule has 0 aliphatic rings. The van der Waals surface area contributed by atoms with Crippen LogP contribution in [0.1, 0.15) is 43.0 Å². The van der Waals surface area contributed by atoms with E-state index in [2.05, 4.69) is 36.3 Å². The molecule has 0 unspecified atom stereocenters. The van der Waals surface area contributed by atoms with Gasteiger partial charge in [0, 0.05) is 0 Å². The van der Waals surface area contributed by atoms with Crippen molar-refractivity contribution in [1.82, 2.24) is 15.0 Å². The molecule has 0 saturated carbocycles. The molecule has 0 saturated heterocycles. The van der Waals surface area contributed by atoms with Gasteiger partial charge in [-0.05, 0) is 34.2 Å². The van der Waals surface area contributed by atoms with Crippen LogP contribution < -0.4 is 5.32 Å². The minimum Gasteiger partial charge on any atom is -0.308 e. The summed E-state index contributed by atoms with van der Waals surface area (Å²) in [5, 5.41) is 20.0. The van der Waals surface area contributed by atoms with Crippen LogP contribution in [0.2, 0.25) is 0 Å². The summed E-state index contributed by atoms with van der Waals surface area (Å²) in [6, 6.07) is 14.1. The number of benzene rings is 2. The summed E-state index contributed by atoms with van der Waals surface area (Å²) in [6.45, 7) is 6.69. The van der Waals surface area contributed by atoms with E-state index in [9.17, 15) is 9.18 Å². The maximum absolute atomic E-state index is 13.4. The van der Waals surface area contributed by atoms with E-state index in [-0.39, 0.29) is 29.9 Å². The van der Waals surface area contributed by atoms with Gasteiger partial charge in [-0.3, -0.25) is 4.79 Å². The Labute approximate surface area is 169 Å². The fraction of sp³-hybridized carbons (Fsp3) is 0.273. The van der Waals surface area contributed by atoms with Crippen molar-refractivity contribution in [2.45, 2.75) is 39.2 Å². The number of aromatic nitrogens is 3. The predicted octanol–water partition coefficient (Wildman–Crippen LogP) is 3.82. The summed E-state index contributed by atoms with van der Waals surface area (Å²) in [5.41, 5.74) is 2.86. The zero-order valence-corrected chi connectivity index (χ0v) is 16.6. The van der Waals surface area contributed by atoms with Gasteiger partial charge >= 0.3 is 0 Å². The third-order valence-electron chi connectivity index (χ3n) is 4.46. The topological polar surface area (TPSA) is 83.6 Å². The molecular formula is C22H22FN5O. The van der Waals surface area contributed by atoms with Crippen molar-refractivity contribution in [3.63, 3.8) is 0 Å². The third kappa shape index (κ3) is 5.26. The van der Waals surface area contributed by atoms with E-state index in [0.29, 0.717) is 11.4 Å². The number of rotatable bonds is 5. The van der Waals surface area contributed by atoms with Gasteiger partial charge in [-0.25, -0.2) is 4.39 Å². The van der Waals surface area contributed by atoms with Crippen LogP contribution in [0.5, 0.6) is 0 Å². The Bertz CT molecular complexity index is 1060. The van der Waals surface area contributed by atoms with Gasteiger partial charge in [0.05, 0.1) is 24.7 Å². The van der Waals surface area contributed by atoms with Crippen molar-refractivity contribution >= 4 is 11.7 Å². The molecule has 2 aromatic carbocycles. The first-order valence-corrected chi connectivity index (χ1v) is 9.22. The fourth-order valence-electron chi connectivity index (χ4n) is 2.85. The second kappa shape index (κ2) is 8.23. The molecule has 29 heavy (non-hydrogen) atoms. The Kier molecular flexibility index (Phi) is 5.74. The molecule has 148 valence electrons. The van der Waals surface area contributed by atoms with Crippen molar-refractivity contribution in [3.8, 4) is 6.07 Å². The summed E-state index contributed by atoms with van der Waals surface area (Å²) in [7, 11) is 0. The number of hydrogen-bond acceptors (Lipinski definition) is 4. The van der Waals surface area contributed by atoms with Gasteiger partial charge in [-0.1, -0.05) is 51.1 Å². The fourth-order valence-corrected chi connectivity index (χ4v) is 2.85. The molecule has 0 radical (unpaired) electrons. The largest absolute Gasteiger partial charge is 0.308 e. The molecule has 1 N–H and O–H groups in total. The zero-order chi connectivity index (χ0) is 21.0. The minimum absolute atomic E-state index is 0.0272. The SMILES string of the molecule is CC(C)(C)c1ccc(CC(=O)Nc2cnn(Cc3ccc(F)c(C#N)c3)n2)cc1. The first-order chi connectivity index (χ1) is 13.7. The molecule has 3 aromatic rings. The van der Waals surface area contributed by atoms with E-state index in [0.717, 1.165) is 5.56 Å². The molecule has 0 fully saturated rings. The molecule has 6 nitrogen and oxygen atoms in total. The minimum atomic E-state index is -0.562. The number of anilines is 1. The Morgan fingerprint density at radius 1 is 1.17 bits per heavy atom. The highest BCUT2D eigenvalue weighted by atomic mass is 19.1. The summed E-state index contributed by atoms with van der Waals surface area (Å²) < 4.78 is 13.4. The van der Waals surface area contributed by atoms with Crippen LogP contribution in [0.15, 0.2) is 48.7 Å². The van der Waals surface area contributed by atoms with Crippen LogP contribution in [0.25, 0.3) is 0 Å². The smallest absolute Gasteiger partial charge is 0.230 e. The maximum Gasteiger partial charge on any atom is 0.230 e. The van der Waals surface area contributed by atoms with Gasteiger partial charge < -0.3 is 5.32 Å². The maximum atomic E-state index is 13.4. The second-order valence-electron chi connectivity index (χ2n) is 7.86. The summed E-state index contributed by atoms with van der Waals surface area (Å²) in [4.78, 5) is 13.7. The van der Waals surface area contributed by atoms with Crippen LogP contribution in [0.3, 0.4) is 0 Å². The number of carbonyl (C=O) groups excluding carboxylic acids is 1. The van der Waals surface area contributed by atoms with E-state index < -0.39 is 5.82 Å². The Morgan fingerprint density at radius 3 is 2.52 bits per heavy atom. The highest BCUT2D eigenvalue weighted by Crippen LogP contribution is 2.22. The van der Waals surface area contributed by atoms with Crippen LogP contribution in [-0.4, -0.2) is 20.9 Å². The number of hydrogen-bond donors (Lipinski definition) is 1. The highest BCUT2D eigenvalue weighted by molar-refractivity contribution is 5.91. The lowest BCUT2D eigenvalue weighted by Gasteiger charge is -2.19. The number of nitriles is 1. The first-order valence-electron chi connectivity index (χ1n) is 9.22. The van der Waals surface area contributed by atoms with Gasteiger partial charge in [0.1, 0.15) is 11.9 Å². The molecule has 0 spiro atoms. The number of nitrogens with one attached hydrogen (secondary N) is 1. The molecule has 7 heteroatoms. The second-order valence-corrected chi connectivity index (χ2v) is 7.86. The van der Waals surface area contributed by atoms with E-state index in [1.165, 1.54) is 28.7 Å². The van der Waals surface area contributed by atoms with Crippen LogP contribution in [-0.2, 0) is 23.2 Å². The Morgan fingerprint density at radius 2 is 1.86 bits per heavy atom. The van der Waals surface area contributed by atoms with E-state index >= 15 is 0 Å². The highest BCUT2D eigenvalue weighted by Gasteiger charge is 2.14. The lowest BCUT2D eigenvalue weighted by molar-refractivity contribution is -0.115. The lowest BCUT2D eigenvalue weighted by Crippen LogP contribution is -2.16. The van der Waals surface area contributed by atoms with E-state index in [1.807, 2.05) is 24.3 Å². The third-order valence-corrected chi connectivity index (χ3v) is 4.46. The molecular weight excluding hydrogens is 369 g/mol. The van der Waals surface area contributed by atoms with Crippen LogP contribution in [0, 0.1) is 17.1 Å². The Hall–Kier alpha value is -3.53. The zero-order valence-electron chi connectivity index (χ0n) is 16.6. The molecule has 1 aromatic heterocycles. The Balaban J connectivity index is 1.60. The first kappa shape index (κ1) is 20.2.